The highest BCUT2D eigenvalue weighted by Crippen LogP contribution is 2.25. The molecule has 0 radical (unpaired) electrons. The van der Waals surface area contributed by atoms with Crippen molar-refractivity contribution in [3.63, 3.8) is 0 Å². The van der Waals surface area contributed by atoms with Gasteiger partial charge in [0.15, 0.2) is 5.96 Å². The van der Waals surface area contributed by atoms with Gasteiger partial charge in [0.25, 0.3) is 0 Å². The Labute approximate surface area is 307 Å². The maximum absolute atomic E-state index is 13.8. The molecule has 1 aromatic carbocycles. The Morgan fingerprint density at radius 3 is 2.35 bits per heavy atom. The van der Waals surface area contributed by atoms with Crippen molar-refractivity contribution in [2.75, 3.05) is 24.6 Å². The lowest BCUT2D eigenvalue weighted by atomic mass is 10.0. The number of guanidine groups is 1. The Morgan fingerprint density at radius 1 is 1.00 bits per heavy atom. The zero-order valence-electron chi connectivity index (χ0n) is 28.2. The number of aliphatic carboxylic acids is 2. The molecule has 2 heterocycles. The molecule has 0 saturated carbocycles. The smallest absolute Gasteiger partial charge is 0.327 e. The van der Waals surface area contributed by atoms with Gasteiger partial charge in [0.05, 0.1) is 6.04 Å². The number of phenols is 1. The van der Waals surface area contributed by atoms with Crippen molar-refractivity contribution in [2.45, 2.75) is 81.2 Å². The van der Waals surface area contributed by atoms with Crippen LogP contribution in [-0.4, -0.2) is 128 Å². The number of aliphatic imine (C=N–C) groups is 1. The van der Waals surface area contributed by atoms with Crippen LogP contribution >= 0.6 is 21.6 Å². The van der Waals surface area contributed by atoms with Gasteiger partial charge in [0, 0.05) is 31.0 Å². The quantitative estimate of drug-likeness (QED) is 0.0408. The Morgan fingerprint density at radius 2 is 1.69 bits per heavy atom. The molecule has 0 aromatic heterocycles. The maximum Gasteiger partial charge on any atom is 0.327 e. The van der Waals surface area contributed by atoms with E-state index in [1.807, 2.05) is 0 Å². The highest BCUT2D eigenvalue weighted by molar-refractivity contribution is 8.76. The highest BCUT2D eigenvalue weighted by atomic mass is 33.1. The fourth-order valence-electron chi connectivity index (χ4n) is 5.46. The lowest BCUT2D eigenvalue weighted by Gasteiger charge is -2.31. The molecule has 5 amide bonds. The average Bonchev–Trinajstić information content (AvgIpc) is 3.58. The molecule has 2 fully saturated rings. The number of fused-ring (bicyclic) bond motifs is 1. The number of benzene rings is 1. The normalized spacial score (nSPS) is 22.4. The van der Waals surface area contributed by atoms with Gasteiger partial charge in [-0.25, -0.2) is 4.79 Å². The van der Waals surface area contributed by atoms with Crippen molar-refractivity contribution in [3.05, 3.63) is 29.8 Å². The summed E-state index contributed by atoms with van der Waals surface area (Å²) in [5.74, 6) is -6.67. The van der Waals surface area contributed by atoms with Crippen molar-refractivity contribution in [1.82, 2.24) is 26.2 Å². The van der Waals surface area contributed by atoms with E-state index in [9.17, 15) is 48.9 Å². The summed E-state index contributed by atoms with van der Waals surface area (Å²) >= 11 is 0. The number of carbonyl (C=O) groups is 7. The van der Waals surface area contributed by atoms with Crippen molar-refractivity contribution in [1.29, 1.82) is 0 Å². The minimum absolute atomic E-state index is 0.0204. The summed E-state index contributed by atoms with van der Waals surface area (Å²) in [4.78, 5) is 95.9. The zero-order valence-corrected chi connectivity index (χ0v) is 29.8. The van der Waals surface area contributed by atoms with E-state index in [4.69, 9.17) is 17.2 Å². The predicted molar refractivity (Wildman–Crippen MR) is 192 cm³/mol. The number of hydrogen-bond donors (Lipinski definition) is 10. The van der Waals surface area contributed by atoms with Crippen LogP contribution in [0.25, 0.3) is 0 Å². The van der Waals surface area contributed by atoms with Crippen LogP contribution in [0.1, 0.15) is 44.1 Å². The Hall–Kier alpha value is -4.76. The highest BCUT2D eigenvalue weighted by Gasteiger charge is 2.40. The summed E-state index contributed by atoms with van der Waals surface area (Å²) in [6.45, 7) is 0.235. The van der Waals surface area contributed by atoms with E-state index in [0.29, 0.717) is 12.0 Å². The molecule has 286 valence electrons. The van der Waals surface area contributed by atoms with Crippen LogP contribution in [0.2, 0.25) is 0 Å². The van der Waals surface area contributed by atoms with Gasteiger partial charge in [-0.15, -0.1) is 0 Å². The number of rotatable bonds is 14. The number of carboxylic acids is 2. The number of amides is 5. The summed E-state index contributed by atoms with van der Waals surface area (Å²) in [6, 6.07) is -1.35. The second kappa shape index (κ2) is 20.3. The third kappa shape index (κ3) is 13.1. The van der Waals surface area contributed by atoms with Crippen molar-refractivity contribution >= 4 is 69.0 Å². The number of hydrogen-bond acceptors (Lipinski definition) is 12. The van der Waals surface area contributed by atoms with Crippen molar-refractivity contribution < 1.29 is 48.9 Å². The minimum atomic E-state index is -1.39. The molecule has 2 saturated heterocycles. The molecule has 3 rings (SSSR count). The van der Waals surface area contributed by atoms with E-state index in [2.05, 4.69) is 26.3 Å². The first-order chi connectivity index (χ1) is 24.7. The summed E-state index contributed by atoms with van der Waals surface area (Å²) in [7, 11) is 2.05. The topological polar surface area (TPSA) is 322 Å². The number of carbonyl (C=O) groups excluding carboxylic acids is 5. The molecule has 2 aliphatic rings. The van der Waals surface area contributed by atoms with E-state index >= 15 is 0 Å². The molecular weight excluding hydrogens is 723 g/mol. The molecule has 0 bridgehead atoms. The molecular formula is C31H45N9O10S2. The second-order valence-electron chi connectivity index (χ2n) is 12.2. The third-order valence-corrected chi connectivity index (χ3v) is 10.6. The van der Waals surface area contributed by atoms with Crippen LogP contribution in [0.5, 0.6) is 5.75 Å². The second-order valence-corrected chi connectivity index (χ2v) is 14.8. The SMILES string of the molecule is NC(N)=NCCC[C@H](NC(=O)[C@@H](N)Cc1ccc(O)cc1)C(=O)N[C@H]1CSSC[C@@H](C(=O)O)NC(=O)[C@@H]2CCCN2C(=O)[C@H](CCC(=O)O)NC1=O. The zero-order chi connectivity index (χ0) is 38.4. The Bertz CT molecular complexity index is 1500. The number of phenolic OH excluding ortho intramolecular Hbond substituents is 1. The number of nitrogens with zero attached hydrogens (tertiary/aromatic N) is 2. The lowest BCUT2D eigenvalue weighted by molar-refractivity contribution is -0.145. The van der Waals surface area contributed by atoms with Crippen LogP contribution < -0.4 is 38.5 Å². The molecule has 13 N–H and O–H groups in total. The molecule has 0 unspecified atom stereocenters. The molecule has 21 heteroatoms. The van der Waals surface area contributed by atoms with Crippen molar-refractivity contribution in [2.24, 2.45) is 22.2 Å². The fourth-order valence-corrected chi connectivity index (χ4v) is 7.78. The Kier molecular flexibility index (Phi) is 16.3. The van der Waals surface area contributed by atoms with Crippen molar-refractivity contribution in [3.8, 4) is 5.75 Å². The fraction of sp³-hybridized carbons (Fsp3) is 0.548. The summed E-state index contributed by atoms with van der Waals surface area (Å²) in [5, 5.41) is 38.9. The van der Waals surface area contributed by atoms with Gasteiger partial charge >= 0.3 is 11.9 Å². The van der Waals surface area contributed by atoms with Crippen LogP contribution in [0, 0.1) is 0 Å². The van der Waals surface area contributed by atoms with E-state index in [-0.39, 0.29) is 68.4 Å². The molecule has 1 aromatic rings. The van der Waals surface area contributed by atoms with Crippen LogP contribution in [0.3, 0.4) is 0 Å². The van der Waals surface area contributed by atoms with E-state index in [1.165, 1.54) is 17.0 Å². The molecule has 19 nitrogen and oxygen atoms in total. The molecule has 0 aliphatic carbocycles. The first-order valence-corrected chi connectivity index (χ1v) is 18.9. The van der Waals surface area contributed by atoms with E-state index in [0.717, 1.165) is 21.6 Å². The summed E-state index contributed by atoms with van der Waals surface area (Å²) in [6.07, 6.45) is 0.154. The first-order valence-electron chi connectivity index (χ1n) is 16.5. The standard InChI is InChI=1S/C31H45N9O10S2/c32-18(13-16-5-7-17(41)8-6-16)25(44)36-19(3-1-11-35-31(33)34)26(45)38-21-14-51-52-15-22(30(49)50)39-28(47)23-4-2-12-40(23)29(48)20(37-27(21)46)9-10-24(42)43/h5-8,18-23,41H,1-4,9-15,32H2,(H,36,44)(H,37,46)(H,38,45)(H,39,47)(H,42,43)(H,49,50)(H4,33,34,35)/t18-,19-,20-,21-,22-,23-/m0/s1. The van der Waals surface area contributed by atoms with Crippen LogP contribution in [0.15, 0.2) is 29.3 Å². The van der Waals surface area contributed by atoms with E-state index < -0.39 is 84.1 Å². The maximum atomic E-state index is 13.8. The summed E-state index contributed by atoms with van der Waals surface area (Å²) < 4.78 is 0. The predicted octanol–water partition coefficient (Wildman–Crippen LogP) is -2.41. The van der Waals surface area contributed by atoms with Gasteiger partial charge in [-0.2, -0.15) is 0 Å². The largest absolute Gasteiger partial charge is 0.508 e. The van der Waals surface area contributed by atoms with Gasteiger partial charge in [-0.3, -0.25) is 33.8 Å². The number of nitrogens with two attached hydrogens (primary N) is 3. The number of aromatic hydroxyl groups is 1. The monoisotopic (exact) mass is 767 g/mol. The van der Waals surface area contributed by atoms with Gasteiger partial charge in [0.1, 0.15) is 36.0 Å². The van der Waals surface area contributed by atoms with Gasteiger partial charge in [-0.05, 0) is 56.2 Å². The lowest BCUT2D eigenvalue weighted by Crippen LogP contribution is -2.60. The first kappa shape index (κ1) is 41.7. The summed E-state index contributed by atoms with van der Waals surface area (Å²) in [5.41, 5.74) is 17.6. The number of carboxylic acid groups (broad SMARTS) is 2. The molecule has 0 spiro atoms. The molecule has 52 heavy (non-hydrogen) atoms. The van der Waals surface area contributed by atoms with Gasteiger partial charge < -0.3 is 58.7 Å². The van der Waals surface area contributed by atoms with Gasteiger partial charge in [-0.1, -0.05) is 33.7 Å². The van der Waals surface area contributed by atoms with Crippen LogP contribution in [0.4, 0.5) is 0 Å². The van der Waals surface area contributed by atoms with Crippen LogP contribution in [-0.2, 0) is 40.0 Å². The van der Waals surface area contributed by atoms with E-state index in [1.54, 1.807) is 12.1 Å². The third-order valence-electron chi connectivity index (χ3n) is 8.21. The number of nitrogens with one attached hydrogen (secondary N) is 4. The molecule has 2 aliphatic heterocycles. The average molecular weight is 768 g/mol. The Balaban J connectivity index is 1.86. The van der Waals surface area contributed by atoms with Gasteiger partial charge in [0.2, 0.25) is 29.5 Å². The minimum Gasteiger partial charge on any atom is -0.508 e. The molecule has 6 atom stereocenters.